The average molecular weight is 373 g/mol. The van der Waals surface area contributed by atoms with Crippen LogP contribution in [-0.2, 0) is 11.5 Å². The fourth-order valence-electron chi connectivity index (χ4n) is 2.53. The lowest BCUT2D eigenvalue weighted by atomic mass is 10.1. The summed E-state index contributed by atoms with van der Waals surface area (Å²) in [5.41, 5.74) is 3.90. The molecule has 3 rings (SSSR count). The highest BCUT2D eigenvalue weighted by molar-refractivity contribution is 7.98. The van der Waals surface area contributed by atoms with E-state index in [1.807, 2.05) is 43.6 Å². The van der Waals surface area contributed by atoms with Gasteiger partial charge < -0.3 is 4.74 Å². The Hall–Kier alpha value is -1.58. The van der Waals surface area contributed by atoms with Crippen LogP contribution in [0.25, 0.3) is 16.9 Å². The zero-order valence-electron chi connectivity index (χ0n) is 15.5. The van der Waals surface area contributed by atoms with Gasteiger partial charge in [-0.1, -0.05) is 19.6 Å². The lowest BCUT2D eigenvalue weighted by Crippen LogP contribution is -2.22. The Morgan fingerprint density at radius 1 is 1.24 bits per heavy atom. The number of ether oxygens (including phenoxy) is 1. The van der Waals surface area contributed by atoms with Crippen LogP contribution in [0.5, 0.6) is 0 Å². The second-order valence-electron chi connectivity index (χ2n) is 7.35. The fraction of sp³-hybridized carbons (Fsp3) is 0.438. The molecule has 132 valence electrons. The van der Waals surface area contributed by atoms with Gasteiger partial charge in [-0.25, -0.2) is 9.67 Å². The first-order valence-electron chi connectivity index (χ1n) is 8.37. The van der Waals surface area contributed by atoms with Gasteiger partial charge in [0.2, 0.25) is 0 Å². The van der Waals surface area contributed by atoms with Gasteiger partial charge in [0.1, 0.15) is 11.8 Å². The maximum Gasteiger partial charge on any atom is 0.170 e. The number of aromatic nitrogens is 5. The molecule has 3 heterocycles. The minimum absolute atomic E-state index is 0.484. The highest BCUT2D eigenvalue weighted by atomic mass is 32.2. The molecule has 0 aromatic carbocycles. The molecule has 0 fully saturated rings. The van der Waals surface area contributed by atoms with E-state index in [1.54, 1.807) is 11.8 Å². The summed E-state index contributed by atoms with van der Waals surface area (Å²) < 4.78 is 9.69. The van der Waals surface area contributed by atoms with E-state index in [0.717, 1.165) is 40.2 Å². The summed E-state index contributed by atoms with van der Waals surface area (Å²) in [6.45, 7) is 8.34. The second-order valence-corrected chi connectivity index (χ2v) is 13.8. The van der Waals surface area contributed by atoms with Crippen molar-refractivity contribution in [2.45, 2.75) is 37.4 Å². The fourth-order valence-corrected chi connectivity index (χ4v) is 3.85. The Labute approximate surface area is 154 Å². The average Bonchev–Trinajstić information content (AvgIpc) is 3.16. The van der Waals surface area contributed by atoms with Crippen LogP contribution in [-0.4, -0.2) is 52.9 Å². The first-order chi connectivity index (χ1) is 11.9. The highest BCUT2D eigenvalue weighted by Gasteiger charge is 2.14. The van der Waals surface area contributed by atoms with Gasteiger partial charge in [-0.2, -0.15) is 5.10 Å². The third-order valence-corrected chi connectivity index (χ3v) is 6.29. The smallest absolute Gasteiger partial charge is 0.170 e. The van der Waals surface area contributed by atoms with Gasteiger partial charge in [-0.05, 0) is 12.3 Å². The number of hydrogen-bond donors (Lipinski definition) is 0. The Morgan fingerprint density at radius 3 is 2.76 bits per heavy atom. The third kappa shape index (κ3) is 4.34. The Bertz CT molecular complexity index is 873. The first kappa shape index (κ1) is 18.2. The molecule has 0 aliphatic rings. The topological polar surface area (TPSA) is 57.2 Å². The Kier molecular flexibility index (Phi) is 5.35. The van der Waals surface area contributed by atoms with Crippen molar-refractivity contribution in [1.29, 1.82) is 0 Å². The van der Waals surface area contributed by atoms with Crippen LogP contribution in [0.4, 0.5) is 0 Å². The van der Waals surface area contributed by atoms with Crippen molar-refractivity contribution in [3.63, 3.8) is 0 Å². The summed E-state index contributed by atoms with van der Waals surface area (Å²) in [7, 11) is 0.946. The lowest BCUT2D eigenvalue weighted by Gasteiger charge is -2.15. The lowest BCUT2D eigenvalue weighted by molar-refractivity contribution is 0.0786. The maximum atomic E-state index is 5.77. The minimum atomic E-state index is -1.05. The van der Waals surface area contributed by atoms with Crippen molar-refractivity contribution >= 4 is 38.9 Å². The molecule has 0 N–H and O–H groups in total. The summed E-state index contributed by atoms with van der Waals surface area (Å²) in [6.07, 6.45) is 9.78. The normalized spacial score (nSPS) is 12.2. The van der Waals surface area contributed by atoms with Crippen LogP contribution < -0.4 is 5.59 Å². The van der Waals surface area contributed by atoms with Crippen LogP contribution in [0.1, 0.15) is 0 Å². The number of rotatable bonds is 7. The summed E-state index contributed by atoms with van der Waals surface area (Å²) >= 11 is 1.61. The van der Waals surface area contributed by atoms with Crippen molar-refractivity contribution in [3.05, 3.63) is 24.8 Å². The van der Waals surface area contributed by atoms with Crippen molar-refractivity contribution in [2.24, 2.45) is 0 Å². The van der Waals surface area contributed by atoms with E-state index in [1.165, 1.54) is 0 Å². The monoisotopic (exact) mass is 373 g/mol. The minimum Gasteiger partial charge on any atom is -0.360 e. The first-order valence-corrected chi connectivity index (χ1v) is 13.3. The molecule has 3 aromatic heterocycles. The van der Waals surface area contributed by atoms with Gasteiger partial charge in [0.05, 0.1) is 18.1 Å². The molecule has 0 amide bonds. The molecule has 0 bridgehead atoms. The van der Waals surface area contributed by atoms with E-state index in [-0.39, 0.29) is 0 Å². The van der Waals surface area contributed by atoms with Crippen LogP contribution >= 0.6 is 11.8 Å². The Balaban J connectivity index is 1.76. The van der Waals surface area contributed by atoms with Gasteiger partial charge in [-0.3, -0.25) is 9.38 Å². The molecular formula is C16H24BN5OSSi. The van der Waals surface area contributed by atoms with Crippen LogP contribution in [0.3, 0.4) is 0 Å². The SMILES string of the molecule is Bc1cn2c(-c3cnn(COCC[Si](C)(C)C)c3)cnc2c(SC)n1. The van der Waals surface area contributed by atoms with E-state index >= 15 is 0 Å². The van der Waals surface area contributed by atoms with E-state index in [0.29, 0.717) is 6.73 Å². The van der Waals surface area contributed by atoms with E-state index < -0.39 is 8.07 Å². The van der Waals surface area contributed by atoms with Gasteiger partial charge in [0.15, 0.2) is 13.5 Å². The third-order valence-electron chi connectivity index (χ3n) is 3.92. The summed E-state index contributed by atoms with van der Waals surface area (Å²) in [6, 6.07) is 1.16. The predicted molar refractivity (Wildman–Crippen MR) is 108 cm³/mol. The molecule has 25 heavy (non-hydrogen) atoms. The molecule has 9 heteroatoms. The van der Waals surface area contributed by atoms with Gasteiger partial charge >= 0.3 is 0 Å². The standard InChI is InChI=1S/C16H24BN5OSSi/c1-24-16-15-18-8-13(22(15)10-14(17)20-16)12-7-19-21(9-12)11-23-5-6-25(2,3)4/h7-10H,5-6,11,17H2,1-4H3. The molecule has 0 aliphatic carbocycles. The number of hydrogen-bond acceptors (Lipinski definition) is 5. The van der Waals surface area contributed by atoms with Gasteiger partial charge in [-0.15, -0.1) is 11.8 Å². The molecule has 0 radical (unpaired) electrons. The van der Waals surface area contributed by atoms with Crippen molar-refractivity contribution in [1.82, 2.24) is 24.1 Å². The highest BCUT2D eigenvalue weighted by Crippen LogP contribution is 2.24. The van der Waals surface area contributed by atoms with Crippen molar-refractivity contribution in [3.8, 4) is 11.3 Å². The molecule has 0 saturated heterocycles. The number of imidazole rings is 1. The quantitative estimate of drug-likeness (QED) is 0.360. The maximum absolute atomic E-state index is 5.77. The largest absolute Gasteiger partial charge is 0.360 e. The van der Waals surface area contributed by atoms with E-state index in [2.05, 4.69) is 39.1 Å². The van der Waals surface area contributed by atoms with Crippen LogP contribution in [0, 0.1) is 0 Å². The van der Waals surface area contributed by atoms with Crippen molar-refractivity contribution < 1.29 is 4.74 Å². The van der Waals surface area contributed by atoms with Gasteiger partial charge in [0.25, 0.3) is 0 Å². The molecule has 0 atom stereocenters. The molecule has 0 spiro atoms. The number of fused-ring (bicyclic) bond motifs is 1. The van der Waals surface area contributed by atoms with E-state index in [9.17, 15) is 0 Å². The van der Waals surface area contributed by atoms with E-state index in [4.69, 9.17) is 4.74 Å². The summed E-state index contributed by atoms with van der Waals surface area (Å²) in [4.78, 5) is 9.08. The summed E-state index contributed by atoms with van der Waals surface area (Å²) in [5.74, 6) is 0. The molecule has 3 aromatic rings. The molecule has 0 saturated carbocycles. The number of thioether (sulfide) groups is 1. The zero-order chi connectivity index (χ0) is 18.0. The molecule has 0 unspecified atom stereocenters. The van der Waals surface area contributed by atoms with Crippen molar-refractivity contribution in [2.75, 3.05) is 12.9 Å². The zero-order valence-corrected chi connectivity index (χ0v) is 17.3. The van der Waals surface area contributed by atoms with Crippen LogP contribution in [0.2, 0.25) is 25.7 Å². The summed E-state index contributed by atoms with van der Waals surface area (Å²) in [5, 5.41) is 5.36. The molecule has 0 aliphatic heterocycles. The Morgan fingerprint density at radius 2 is 2.04 bits per heavy atom. The second kappa shape index (κ2) is 7.35. The molecule has 6 nitrogen and oxygen atoms in total. The van der Waals surface area contributed by atoms with Crippen LogP contribution in [0.15, 0.2) is 29.8 Å². The predicted octanol–water partition coefficient (Wildman–Crippen LogP) is 1.89. The van der Waals surface area contributed by atoms with Gasteiger partial charge in [0, 0.05) is 38.2 Å². The molecular weight excluding hydrogens is 349 g/mol. The number of nitrogens with zero attached hydrogens (tertiary/aromatic N) is 5.